The normalized spacial score (nSPS) is 12.1. The zero-order valence-corrected chi connectivity index (χ0v) is 17.6. The van der Waals surface area contributed by atoms with Crippen molar-refractivity contribution in [3.8, 4) is 5.75 Å². The Hall–Kier alpha value is -2.30. The summed E-state index contributed by atoms with van der Waals surface area (Å²) >= 11 is 3.32. The largest absolute Gasteiger partial charge is 0.507 e. The molecule has 0 radical (unpaired) electrons. The molecule has 0 heterocycles. The number of halogens is 4. The maximum Gasteiger partial charge on any atom is 0.418 e. The number of anilines is 2. The van der Waals surface area contributed by atoms with Crippen LogP contribution in [0, 0.1) is 6.92 Å². The van der Waals surface area contributed by atoms with Gasteiger partial charge in [-0.05, 0) is 42.2 Å². The Morgan fingerprint density at radius 2 is 1.69 bits per heavy atom. The van der Waals surface area contributed by atoms with Crippen molar-refractivity contribution in [3.05, 3.63) is 51.0 Å². The molecule has 6 nitrogen and oxygen atoms in total. The molecule has 10 heteroatoms. The summed E-state index contributed by atoms with van der Waals surface area (Å²) in [7, 11) is 0. The number of nitrogens with one attached hydrogen (secondary N) is 1. The topological polar surface area (TPSA) is 93.0 Å². The van der Waals surface area contributed by atoms with Gasteiger partial charge >= 0.3 is 6.18 Å². The molecule has 4 N–H and O–H groups in total. The Balaban J connectivity index is 2.58. The fourth-order valence-electron chi connectivity index (χ4n) is 2.77. The average molecular weight is 477 g/mol. The highest BCUT2D eigenvalue weighted by molar-refractivity contribution is 9.10. The van der Waals surface area contributed by atoms with Crippen LogP contribution in [-0.2, 0) is 11.6 Å². The highest BCUT2D eigenvalue weighted by atomic mass is 79.9. The summed E-state index contributed by atoms with van der Waals surface area (Å²) in [6.45, 7) is 7.01. The molecule has 0 saturated carbocycles. The molecule has 1 amide bonds. The van der Waals surface area contributed by atoms with Crippen LogP contribution in [0.4, 0.5) is 24.5 Å². The minimum absolute atomic E-state index is 0.160. The minimum atomic E-state index is -4.88. The molecular formula is C19H20BrF3N2O4. The van der Waals surface area contributed by atoms with Crippen LogP contribution in [0.15, 0.2) is 28.7 Å². The number of carbonyl (C=O) groups is 1. The van der Waals surface area contributed by atoms with E-state index in [0.29, 0.717) is 21.7 Å². The first-order chi connectivity index (χ1) is 13.1. The fraction of sp³-hybridized carbons (Fsp3) is 0.316. The lowest BCUT2D eigenvalue weighted by molar-refractivity contribution is -0.136. The standard InChI is InChI=1S/C19H20BrF3N2O4/c1-9-13(20)8-12(18(2,3)4)16(26)15(9)17(27)24-14-6-5-10(25(28)29)7-11(14)19(21,22)23/h5-8,26,28-29H,1-4H3,(H,24,27). The molecule has 29 heavy (non-hydrogen) atoms. The third-order valence-electron chi connectivity index (χ3n) is 4.32. The zero-order chi connectivity index (χ0) is 22.3. The van der Waals surface area contributed by atoms with Crippen molar-refractivity contribution in [3.63, 3.8) is 0 Å². The van der Waals surface area contributed by atoms with E-state index in [9.17, 15) is 23.1 Å². The number of rotatable bonds is 3. The maximum atomic E-state index is 13.4. The lowest BCUT2D eigenvalue weighted by Crippen LogP contribution is -2.21. The summed E-state index contributed by atoms with van der Waals surface area (Å²) in [4.78, 5) is 12.8. The van der Waals surface area contributed by atoms with Gasteiger partial charge in [-0.1, -0.05) is 36.7 Å². The van der Waals surface area contributed by atoms with Gasteiger partial charge in [0.1, 0.15) is 5.75 Å². The number of alkyl halides is 3. The Morgan fingerprint density at radius 3 is 2.17 bits per heavy atom. The molecular weight excluding hydrogens is 457 g/mol. The van der Waals surface area contributed by atoms with Gasteiger partial charge in [0, 0.05) is 10.0 Å². The van der Waals surface area contributed by atoms with Gasteiger partial charge in [-0.25, -0.2) is 0 Å². The number of phenolic OH excluding ortho intramolecular Hbond substituents is 1. The van der Waals surface area contributed by atoms with Crippen LogP contribution in [0.3, 0.4) is 0 Å². The van der Waals surface area contributed by atoms with E-state index < -0.39 is 39.7 Å². The van der Waals surface area contributed by atoms with Crippen LogP contribution in [0.25, 0.3) is 0 Å². The number of amides is 1. The second-order valence-electron chi connectivity index (χ2n) is 7.48. The van der Waals surface area contributed by atoms with E-state index in [0.717, 1.165) is 12.1 Å². The van der Waals surface area contributed by atoms with Crippen LogP contribution in [-0.4, -0.2) is 21.4 Å². The molecule has 0 aliphatic heterocycles. The van der Waals surface area contributed by atoms with Gasteiger partial charge in [0.25, 0.3) is 5.91 Å². The Kier molecular flexibility index (Phi) is 6.22. The Labute approximate surface area is 173 Å². The van der Waals surface area contributed by atoms with Gasteiger partial charge < -0.3 is 10.4 Å². The molecule has 0 aliphatic rings. The van der Waals surface area contributed by atoms with Crippen LogP contribution in [0.2, 0.25) is 0 Å². The highest BCUT2D eigenvalue weighted by Gasteiger charge is 2.35. The molecule has 0 atom stereocenters. The third kappa shape index (κ3) is 4.82. The number of hydrogen-bond acceptors (Lipinski definition) is 5. The first-order valence-electron chi connectivity index (χ1n) is 8.37. The van der Waals surface area contributed by atoms with E-state index in [1.54, 1.807) is 13.0 Å². The van der Waals surface area contributed by atoms with Crippen molar-refractivity contribution in [2.24, 2.45) is 0 Å². The van der Waals surface area contributed by atoms with E-state index >= 15 is 0 Å². The van der Waals surface area contributed by atoms with Gasteiger partial charge in [0.05, 0.1) is 22.5 Å². The predicted octanol–water partition coefficient (Wildman–Crippen LogP) is 5.62. The first-order valence-corrected chi connectivity index (χ1v) is 9.17. The molecule has 2 aromatic carbocycles. The molecule has 0 aliphatic carbocycles. The Morgan fingerprint density at radius 1 is 1.10 bits per heavy atom. The van der Waals surface area contributed by atoms with Crippen molar-refractivity contribution >= 4 is 33.2 Å². The molecule has 158 valence electrons. The maximum absolute atomic E-state index is 13.4. The minimum Gasteiger partial charge on any atom is -0.507 e. The lowest BCUT2D eigenvalue weighted by Gasteiger charge is -2.24. The van der Waals surface area contributed by atoms with E-state index in [1.807, 2.05) is 20.8 Å². The van der Waals surface area contributed by atoms with Gasteiger partial charge in [-0.3, -0.25) is 15.2 Å². The molecule has 0 aromatic heterocycles. The van der Waals surface area contributed by atoms with Crippen LogP contribution in [0.1, 0.15) is 47.8 Å². The molecule has 2 rings (SSSR count). The molecule has 0 saturated heterocycles. The Bertz CT molecular complexity index is 954. The van der Waals surface area contributed by atoms with E-state index in [1.165, 1.54) is 0 Å². The number of hydrogen-bond donors (Lipinski definition) is 4. The third-order valence-corrected chi connectivity index (χ3v) is 5.14. The zero-order valence-electron chi connectivity index (χ0n) is 16.0. The molecule has 0 fully saturated rings. The van der Waals surface area contributed by atoms with E-state index in [4.69, 9.17) is 10.4 Å². The first kappa shape index (κ1) is 23.0. The molecule has 0 spiro atoms. The van der Waals surface area contributed by atoms with Crippen molar-refractivity contribution in [1.82, 2.24) is 0 Å². The van der Waals surface area contributed by atoms with Gasteiger partial charge in [-0.15, -0.1) is 5.23 Å². The summed E-state index contributed by atoms with van der Waals surface area (Å²) in [5.74, 6) is -1.26. The SMILES string of the molecule is Cc1c(Br)cc(C(C)(C)C)c(O)c1C(=O)Nc1ccc(N(O)O)cc1C(F)(F)F. The van der Waals surface area contributed by atoms with Crippen molar-refractivity contribution in [2.45, 2.75) is 39.3 Å². The van der Waals surface area contributed by atoms with Gasteiger partial charge in [-0.2, -0.15) is 13.2 Å². The van der Waals surface area contributed by atoms with Gasteiger partial charge in [0.15, 0.2) is 0 Å². The molecule has 0 bridgehead atoms. The number of phenols is 1. The number of aromatic hydroxyl groups is 1. The smallest absolute Gasteiger partial charge is 0.418 e. The lowest BCUT2D eigenvalue weighted by atomic mass is 9.84. The second kappa shape index (κ2) is 7.85. The molecule has 0 unspecified atom stereocenters. The van der Waals surface area contributed by atoms with Gasteiger partial charge in [0.2, 0.25) is 0 Å². The number of carbonyl (C=O) groups excluding carboxylic acids is 1. The fourth-order valence-corrected chi connectivity index (χ4v) is 3.20. The van der Waals surface area contributed by atoms with Crippen LogP contribution in [0.5, 0.6) is 5.75 Å². The van der Waals surface area contributed by atoms with E-state index in [-0.39, 0.29) is 11.3 Å². The van der Waals surface area contributed by atoms with Crippen LogP contribution < -0.4 is 10.5 Å². The molecule has 2 aromatic rings. The second-order valence-corrected chi connectivity index (χ2v) is 8.33. The van der Waals surface area contributed by atoms with Crippen molar-refractivity contribution in [1.29, 1.82) is 0 Å². The summed E-state index contributed by atoms with van der Waals surface area (Å²) in [6.07, 6.45) is -4.88. The quantitative estimate of drug-likeness (QED) is 0.431. The number of nitrogens with zero attached hydrogens (tertiary/aromatic N) is 1. The summed E-state index contributed by atoms with van der Waals surface area (Å²) in [5.41, 5.74) is -2.29. The van der Waals surface area contributed by atoms with E-state index in [2.05, 4.69) is 21.2 Å². The summed E-state index contributed by atoms with van der Waals surface area (Å²) in [6, 6.07) is 4.02. The van der Waals surface area contributed by atoms with Crippen molar-refractivity contribution < 1.29 is 33.5 Å². The van der Waals surface area contributed by atoms with Crippen LogP contribution >= 0.6 is 15.9 Å². The number of benzene rings is 2. The average Bonchev–Trinajstić information content (AvgIpc) is 2.56. The summed E-state index contributed by atoms with van der Waals surface area (Å²) < 4.78 is 40.7. The highest BCUT2D eigenvalue weighted by Crippen LogP contribution is 2.40. The predicted molar refractivity (Wildman–Crippen MR) is 105 cm³/mol. The summed E-state index contributed by atoms with van der Waals surface area (Å²) in [5, 5.41) is 30.3. The monoisotopic (exact) mass is 476 g/mol. The van der Waals surface area contributed by atoms with Crippen molar-refractivity contribution in [2.75, 3.05) is 10.5 Å².